The molecular formula is C15H17Cl2NO. The van der Waals surface area contributed by atoms with Crippen LogP contribution in [0.4, 0.5) is 0 Å². The highest BCUT2D eigenvalue weighted by molar-refractivity contribution is 6.34. The van der Waals surface area contributed by atoms with Crippen LogP contribution in [0.2, 0.25) is 5.02 Å². The van der Waals surface area contributed by atoms with Crippen molar-refractivity contribution in [3.05, 3.63) is 34.3 Å². The van der Waals surface area contributed by atoms with Crippen molar-refractivity contribution in [1.29, 1.82) is 0 Å². The lowest BCUT2D eigenvalue weighted by Crippen LogP contribution is -2.47. The van der Waals surface area contributed by atoms with Crippen molar-refractivity contribution in [3.8, 4) is 0 Å². The number of carbonyl (C=O) groups is 1. The molecule has 2 atom stereocenters. The molecular weight excluding hydrogens is 281 g/mol. The van der Waals surface area contributed by atoms with E-state index in [1.54, 1.807) is 0 Å². The quantitative estimate of drug-likeness (QED) is 0.717. The molecule has 2 nitrogen and oxygen atoms in total. The minimum atomic E-state index is 0.0739. The summed E-state index contributed by atoms with van der Waals surface area (Å²) in [4.78, 5) is 14.8. The second-order valence-corrected chi connectivity index (χ2v) is 6.60. The molecule has 1 amide bonds. The lowest BCUT2D eigenvalue weighted by atomic mass is 10.0. The lowest BCUT2D eigenvalue weighted by Gasteiger charge is -2.37. The molecule has 3 rings (SSSR count). The number of amides is 1. The van der Waals surface area contributed by atoms with Crippen LogP contribution in [-0.4, -0.2) is 28.3 Å². The summed E-state index contributed by atoms with van der Waals surface area (Å²) in [7, 11) is 0. The van der Waals surface area contributed by atoms with Crippen molar-refractivity contribution >= 4 is 29.1 Å². The third kappa shape index (κ3) is 2.25. The van der Waals surface area contributed by atoms with Gasteiger partial charge < -0.3 is 4.90 Å². The van der Waals surface area contributed by atoms with E-state index in [1.807, 2.05) is 30.0 Å². The van der Waals surface area contributed by atoms with Crippen LogP contribution in [-0.2, 0) is 0 Å². The number of hydrogen-bond acceptors (Lipinski definition) is 1. The molecule has 0 aromatic heterocycles. The molecule has 0 aliphatic carbocycles. The molecule has 2 unspecified atom stereocenters. The molecule has 2 aliphatic heterocycles. The lowest BCUT2D eigenvalue weighted by molar-refractivity contribution is 0.0599. The van der Waals surface area contributed by atoms with Gasteiger partial charge >= 0.3 is 0 Å². The first-order valence-electron chi connectivity index (χ1n) is 6.79. The highest BCUT2D eigenvalue weighted by Gasteiger charge is 2.43. The first-order chi connectivity index (χ1) is 9.08. The third-order valence-electron chi connectivity index (χ3n) is 4.33. The van der Waals surface area contributed by atoms with Gasteiger partial charge in [0.1, 0.15) is 0 Å². The minimum Gasteiger partial charge on any atom is -0.333 e. The number of aryl methyl sites for hydroxylation is 1. The van der Waals surface area contributed by atoms with Gasteiger partial charge in [-0.1, -0.05) is 23.7 Å². The molecule has 0 N–H and O–H groups in total. The van der Waals surface area contributed by atoms with Gasteiger partial charge in [0.15, 0.2) is 0 Å². The Bertz CT molecular complexity index is 503. The maximum atomic E-state index is 12.7. The largest absolute Gasteiger partial charge is 0.333 e. The average molecular weight is 298 g/mol. The maximum Gasteiger partial charge on any atom is 0.255 e. The molecule has 0 spiro atoms. The van der Waals surface area contributed by atoms with Gasteiger partial charge in [0, 0.05) is 17.5 Å². The Labute approximate surface area is 123 Å². The molecule has 2 saturated heterocycles. The van der Waals surface area contributed by atoms with E-state index < -0.39 is 0 Å². The zero-order chi connectivity index (χ0) is 13.6. The molecule has 1 aromatic rings. The van der Waals surface area contributed by atoms with E-state index in [0.717, 1.165) is 31.2 Å². The standard InChI is InChI=1S/C15H17Cl2NO/c1-9-3-2-4-13(14(9)17)15(19)18-11-5-6-12(18)8-10(16)7-11/h2-4,10-12H,5-8H2,1H3. The molecule has 2 heterocycles. The Morgan fingerprint density at radius 1 is 1.26 bits per heavy atom. The van der Waals surface area contributed by atoms with Crippen molar-refractivity contribution in [1.82, 2.24) is 4.90 Å². The van der Waals surface area contributed by atoms with Gasteiger partial charge in [-0.2, -0.15) is 0 Å². The van der Waals surface area contributed by atoms with E-state index in [-0.39, 0.29) is 11.3 Å². The second-order valence-electron chi connectivity index (χ2n) is 5.60. The summed E-state index contributed by atoms with van der Waals surface area (Å²) < 4.78 is 0. The van der Waals surface area contributed by atoms with Crippen LogP contribution in [0.3, 0.4) is 0 Å². The van der Waals surface area contributed by atoms with Crippen molar-refractivity contribution in [2.75, 3.05) is 0 Å². The Hall–Kier alpha value is -0.730. The summed E-state index contributed by atoms with van der Waals surface area (Å²) in [5.74, 6) is 0.0739. The fraction of sp³-hybridized carbons (Fsp3) is 0.533. The molecule has 102 valence electrons. The van der Waals surface area contributed by atoms with Crippen LogP contribution in [0.1, 0.15) is 41.6 Å². The predicted molar refractivity (Wildman–Crippen MR) is 78.0 cm³/mol. The van der Waals surface area contributed by atoms with Gasteiger partial charge in [0.25, 0.3) is 5.91 Å². The van der Waals surface area contributed by atoms with Crippen LogP contribution in [0.5, 0.6) is 0 Å². The zero-order valence-electron chi connectivity index (χ0n) is 10.9. The Morgan fingerprint density at radius 3 is 2.53 bits per heavy atom. The van der Waals surface area contributed by atoms with Crippen molar-refractivity contribution in [2.45, 2.75) is 50.1 Å². The summed E-state index contributed by atoms with van der Waals surface area (Å²) in [6.07, 6.45) is 3.96. The first-order valence-corrected chi connectivity index (χ1v) is 7.61. The molecule has 4 heteroatoms. The number of carbonyl (C=O) groups excluding carboxylic acids is 1. The second kappa shape index (κ2) is 4.99. The van der Waals surface area contributed by atoms with E-state index in [4.69, 9.17) is 23.2 Å². The average Bonchev–Trinajstić information content (AvgIpc) is 2.64. The van der Waals surface area contributed by atoms with Crippen LogP contribution >= 0.6 is 23.2 Å². The zero-order valence-corrected chi connectivity index (χ0v) is 12.4. The SMILES string of the molecule is Cc1cccc(C(=O)N2C3CCC2CC(Cl)C3)c1Cl. The molecule has 2 aliphatic rings. The van der Waals surface area contributed by atoms with Gasteiger partial charge in [-0.3, -0.25) is 4.79 Å². The molecule has 0 saturated carbocycles. The molecule has 2 bridgehead atoms. The predicted octanol–water partition coefficient (Wildman–Crippen LogP) is 4.02. The smallest absolute Gasteiger partial charge is 0.255 e. The van der Waals surface area contributed by atoms with Crippen molar-refractivity contribution in [3.63, 3.8) is 0 Å². The number of halogens is 2. The van der Waals surface area contributed by atoms with E-state index in [9.17, 15) is 4.79 Å². The van der Waals surface area contributed by atoms with Gasteiger partial charge in [-0.05, 0) is 44.2 Å². The summed E-state index contributed by atoms with van der Waals surface area (Å²) in [6.45, 7) is 1.93. The van der Waals surface area contributed by atoms with Crippen LogP contribution in [0, 0.1) is 6.92 Å². The summed E-state index contributed by atoms with van der Waals surface area (Å²) in [5.41, 5.74) is 1.58. The number of piperidine rings is 1. The molecule has 2 fully saturated rings. The van der Waals surface area contributed by atoms with Gasteiger partial charge in [-0.25, -0.2) is 0 Å². The Balaban J connectivity index is 1.91. The number of benzene rings is 1. The van der Waals surface area contributed by atoms with Gasteiger partial charge in [0.05, 0.1) is 10.6 Å². The van der Waals surface area contributed by atoms with E-state index in [2.05, 4.69) is 0 Å². The number of alkyl halides is 1. The fourth-order valence-electron chi connectivity index (χ4n) is 3.39. The van der Waals surface area contributed by atoms with Crippen molar-refractivity contribution in [2.24, 2.45) is 0 Å². The maximum absolute atomic E-state index is 12.7. The minimum absolute atomic E-state index is 0.0739. The molecule has 1 aromatic carbocycles. The van der Waals surface area contributed by atoms with Crippen LogP contribution in [0.15, 0.2) is 18.2 Å². The molecule has 19 heavy (non-hydrogen) atoms. The van der Waals surface area contributed by atoms with E-state index in [0.29, 0.717) is 22.7 Å². The third-order valence-corrected chi connectivity index (χ3v) is 5.19. The highest BCUT2D eigenvalue weighted by Crippen LogP contribution is 2.39. The number of nitrogens with zero attached hydrogens (tertiary/aromatic N) is 1. The monoisotopic (exact) mass is 297 g/mol. The Kier molecular flexibility index (Phi) is 3.48. The van der Waals surface area contributed by atoms with Gasteiger partial charge in [-0.15, -0.1) is 11.6 Å². The first kappa shape index (κ1) is 13.3. The fourth-order valence-corrected chi connectivity index (χ4v) is 4.01. The highest BCUT2D eigenvalue weighted by atomic mass is 35.5. The van der Waals surface area contributed by atoms with Gasteiger partial charge in [0.2, 0.25) is 0 Å². The topological polar surface area (TPSA) is 20.3 Å². The van der Waals surface area contributed by atoms with E-state index in [1.165, 1.54) is 0 Å². The van der Waals surface area contributed by atoms with Crippen LogP contribution in [0.25, 0.3) is 0 Å². The number of rotatable bonds is 1. The number of hydrogen-bond donors (Lipinski definition) is 0. The summed E-state index contributed by atoms with van der Waals surface area (Å²) in [6, 6.07) is 6.24. The Morgan fingerprint density at radius 2 is 1.89 bits per heavy atom. The molecule has 0 radical (unpaired) electrons. The summed E-state index contributed by atoms with van der Waals surface area (Å²) >= 11 is 12.5. The number of fused-ring (bicyclic) bond motifs is 2. The normalized spacial score (nSPS) is 29.6. The van der Waals surface area contributed by atoms with E-state index >= 15 is 0 Å². The van der Waals surface area contributed by atoms with Crippen molar-refractivity contribution < 1.29 is 4.79 Å². The summed E-state index contributed by atoms with van der Waals surface area (Å²) in [5, 5.41) is 0.800. The van der Waals surface area contributed by atoms with Crippen LogP contribution < -0.4 is 0 Å².